The molecule has 76 heavy (non-hydrogen) atoms. The molecule has 3 unspecified atom stereocenters. The third-order valence-electron chi connectivity index (χ3n) is 17.5. The van der Waals surface area contributed by atoms with Crippen LogP contribution in [0.4, 0.5) is 25.1 Å². The van der Waals surface area contributed by atoms with E-state index < -0.39 is 23.6 Å². The fraction of sp³-hybridized carbons (Fsp3) is 0.482. The van der Waals surface area contributed by atoms with Crippen LogP contribution in [0.25, 0.3) is 44.0 Å². The van der Waals surface area contributed by atoms with Gasteiger partial charge >= 0.3 is 17.8 Å². The number of ether oxygens (including phenoxy) is 2. The average Bonchev–Trinajstić information content (AvgIpc) is 4.21. The fourth-order valence-electron chi connectivity index (χ4n) is 13.7. The molecule has 5 atom stereocenters. The van der Waals surface area contributed by atoms with Crippen molar-refractivity contribution in [2.45, 2.75) is 81.1 Å². The maximum Gasteiger partial charge on any atom is 0.409 e. The Morgan fingerprint density at radius 2 is 1.71 bits per heavy atom. The van der Waals surface area contributed by atoms with Crippen molar-refractivity contribution in [1.29, 1.82) is 0 Å². The second-order valence-corrected chi connectivity index (χ2v) is 22.0. The van der Waals surface area contributed by atoms with Crippen LogP contribution in [0.15, 0.2) is 59.5 Å². The molecular weight excluding hydrogens is 975 g/mol. The summed E-state index contributed by atoms with van der Waals surface area (Å²) in [6.07, 6.45) is 13.2. The molecule has 7 aliphatic rings. The molecule has 18 nitrogen and oxygen atoms in total. The number of imide groups is 1. The van der Waals surface area contributed by atoms with E-state index in [-0.39, 0.29) is 83.6 Å². The topological polar surface area (TPSA) is 176 Å². The maximum absolute atomic E-state index is 17.2. The van der Waals surface area contributed by atoms with Crippen LogP contribution in [0.1, 0.15) is 63.0 Å². The van der Waals surface area contributed by atoms with Gasteiger partial charge in [-0.25, -0.2) is 18.4 Å². The van der Waals surface area contributed by atoms with Gasteiger partial charge in [-0.1, -0.05) is 36.3 Å². The molecule has 3 aromatic heterocycles. The fourth-order valence-corrected chi connectivity index (χ4v) is 13.7. The molecule has 13 rings (SSSR count). The van der Waals surface area contributed by atoms with Crippen LogP contribution >= 0.6 is 0 Å². The zero-order valence-corrected chi connectivity index (χ0v) is 42.5. The molecule has 394 valence electrons. The number of carbonyl (C=O) groups is 3. The minimum atomic E-state index is -0.738. The summed E-state index contributed by atoms with van der Waals surface area (Å²) in [5, 5.41) is 7.60. The van der Waals surface area contributed by atoms with Gasteiger partial charge in [0.1, 0.15) is 42.1 Å². The second kappa shape index (κ2) is 19.1. The number of aromatic nitrogens is 5. The van der Waals surface area contributed by atoms with Gasteiger partial charge in [-0.05, 0) is 75.1 Å². The van der Waals surface area contributed by atoms with E-state index in [9.17, 15) is 19.2 Å². The van der Waals surface area contributed by atoms with Crippen molar-refractivity contribution in [2.24, 2.45) is 13.0 Å². The minimum Gasteiger partial charge on any atom is -0.461 e. The molecule has 6 aromatic rings. The van der Waals surface area contributed by atoms with Crippen molar-refractivity contribution in [3.05, 3.63) is 82.4 Å². The number of pyridine rings is 1. The summed E-state index contributed by atoms with van der Waals surface area (Å²) in [6.45, 7) is 8.12. The van der Waals surface area contributed by atoms with Gasteiger partial charge in [0, 0.05) is 114 Å². The average molecular weight is 1040 g/mol. The summed E-state index contributed by atoms with van der Waals surface area (Å²) >= 11 is 0. The molecular formula is C56H60F2N12O6. The van der Waals surface area contributed by atoms with Gasteiger partial charge in [0.2, 0.25) is 11.8 Å². The van der Waals surface area contributed by atoms with Crippen LogP contribution in [0.5, 0.6) is 6.01 Å². The molecule has 3 amide bonds. The normalized spacial score (nSPS) is 25.1. The second-order valence-electron chi connectivity index (χ2n) is 22.0. The molecule has 10 heterocycles. The van der Waals surface area contributed by atoms with Crippen LogP contribution in [-0.2, 0) is 21.4 Å². The SMILES string of the molecule is C#Cc1c(F)ccc2cccc(-c3ncc4c(N5CC6CCC(C5)N6)nc(OC[C@@]56CCCN5[C@H](COC(=O)N5CC(CN7CCN(c8cccc9c8n(C)c(=O)n9C8CCC(=O)NC8=O)CC7)C5)CC6)nc4c3F)c12. The number of nitrogens with zero attached hydrogens (tertiary/aromatic N) is 10. The summed E-state index contributed by atoms with van der Waals surface area (Å²) in [7, 11) is 1.73. The largest absolute Gasteiger partial charge is 0.461 e. The van der Waals surface area contributed by atoms with Crippen molar-refractivity contribution in [3.63, 3.8) is 0 Å². The van der Waals surface area contributed by atoms with E-state index in [4.69, 9.17) is 25.9 Å². The molecule has 2 bridgehead atoms. The van der Waals surface area contributed by atoms with Crippen LogP contribution in [0.2, 0.25) is 0 Å². The van der Waals surface area contributed by atoms with Crippen molar-refractivity contribution in [2.75, 3.05) is 88.5 Å². The Morgan fingerprint density at radius 3 is 2.50 bits per heavy atom. The van der Waals surface area contributed by atoms with E-state index in [1.54, 1.807) is 40.9 Å². The molecule has 3 aromatic carbocycles. The molecule has 0 radical (unpaired) electrons. The van der Waals surface area contributed by atoms with Gasteiger partial charge in [0.15, 0.2) is 5.82 Å². The van der Waals surface area contributed by atoms with Gasteiger partial charge in [-0.3, -0.25) is 38.8 Å². The van der Waals surface area contributed by atoms with Crippen molar-refractivity contribution in [1.82, 2.24) is 49.4 Å². The number of para-hydroxylation sites is 1. The summed E-state index contributed by atoms with van der Waals surface area (Å²) in [6, 6.07) is 14.0. The van der Waals surface area contributed by atoms with Crippen molar-refractivity contribution < 1.29 is 32.6 Å². The number of carbonyl (C=O) groups excluding carboxylic acids is 3. The van der Waals surface area contributed by atoms with Crippen LogP contribution in [0.3, 0.4) is 0 Å². The first-order chi connectivity index (χ1) is 36.9. The Morgan fingerprint density at radius 1 is 0.908 bits per heavy atom. The first-order valence-corrected chi connectivity index (χ1v) is 26.8. The number of amides is 3. The number of hydrogen-bond acceptors (Lipinski definition) is 14. The number of aryl methyl sites for hydroxylation is 1. The van der Waals surface area contributed by atoms with E-state index in [0.717, 1.165) is 89.0 Å². The van der Waals surface area contributed by atoms with Crippen molar-refractivity contribution >= 4 is 62.1 Å². The van der Waals surface area contributed by atoms with Gasteiger partial charge in [-0.2, -0.15) is 9.97 Å². The zero-order valence-electron chi connectivity index (χ0n) is 42.5. The number of anilines is 2. The van der Waals surface area contributed by atoms with Crippen LogP contribution in [0, 0.1) is 29.9 Å². The first-order valence-electron chi connectivity index (χ1n) is 26.8. The molecule has 7 fully saturated rings. The Labute approximate surface area is 437 Å². The third kappa shape index (κ3) is 8.29. The van der Waals surface area contributed by atoms with Gasteiger partial charge in [-0.15, -0.1) is 6.42 Å². The molecule has 7 saturated heterocycles. The van der Waals surface area contributed by atoms with E-state index in [1.807, 2.05) is 24.3 Å². The van der Waals surface area contributed by atoms with E-state index in [2.05, 4.69) is 41.1 Å². The highest BCUT2D eigenvalue weighted by atomic mass is 19.1. The summed E-state index contributed by atoms with van der Waals surface area (Å²) in [4.78, 5) is 77.1. The highest BCUT2D eigenvalue weighted by molar-refractivity contribution is 6.03. The van der Waals surface area contributed by atoms with E-state index >= 15 is 8.78 Å². The van der Waals surface area contributed by atoms with E-state index in [0.29, 0.717) is 71.8 Å². The molecule has 7 aliphatic heterocycles. The number of likely N-dealkylation sites (tertiary alicyclic amines) is 1. The smallest absolute Gasteiger partial charge is 0.409 e. The quantitative estimate of drug-likeness (QED) is 0.132. The molecule has 0 saturated carbocycles. The molecule has 20 heteroatoms. The first kappa shape index (κ1) is 48.4. The lowest BCUT2D eigenvalue weighted by molar-refractivity contribution is -0.135. The summed E-state index contributed by atoms with van der Waals surface area (Å²) in [5.41, 5.74) is 2.29. The van der Waals surface area contributed by atoms with Gasteiger partial charge in [0.05, 0.1) is 33.2 Å². The monoisotopic (exact) mass is 1030 g/mol. The number of fused-ring (bicyclic) bond motifs is 6. The predicted octanol–water partition coefficient (Wildman–Crippen LogP) is 4.94. The van der Waals surface area contributed by atoms with Gasteiger partial charge < -0.3 is 29.5 Å². The van der Waals surface area contributed by atoms with E-state index in [1.165, 1.54) is 10.6 Å². The van der Waals surface area contributed by atoms with Crippen molar-refractivity contribution in [3.8, 4) is 29.6 Å². The maximum atomic E-state index is 17.2. The lowest BCUT2D eigenvalue weighted by Crippen LogP contribution is -2.56. The highest BCUT2D eigenvalue weighted by Gasteiger charge is 2.50. The standard InChI is InChI=1S/C56H60F2N12O6/c1-3-38-41(57)14-11-34-7-4-8-39(46(34)38)48-47(58)49-40(25-59-48)51(67-29-35-12-13-36(30-67)60-35)63-53(62-49)76-32-56-18-6-20-69(56)37(17-19-56)31-75-55(74)68-27-33(28-68)26-65-21-23-66(24-22-65)42-9-5-10-43-50(42)64(2)54(73)70(43)44-15-16-45(71)61-52(44)72/h1,4-5,7-11,14,25,33,35-37,44,60H,6,12-13,15-24,26-32H2,2H3,(H,61,71,72)/t35?,36?,37-,44?,56-/m0/s1. The Kier molecular flexibility index (Phi) is 12.2. The van der Waals surface area contributed by atoms with Gasteiger partial charge in [0.25, 0.3) is 0 Å². The minimum absolute atomic E-state index is 0.0124. The zero-order chi connectivity index (χ0) is 52.0. The highest BCUT2D eigenvalue weighted by Crippen LogP contribution is 2.44. The number of halogens is 2. The Balaban J connectivity index is 0.640. The lowest BCUT2D eigenvalue weighted by atomic mass is 9.95. The third-order valence-corrected chi connectivity index (χ3v) is 17.5. The molecule has 0 spiro atoms. The number of imidazole rings is 1. The number of nitrogens with one attached hydrogen (secondary N) is 2. The molecule has 2 N–H and O–H groups in total. The lowest BCUT2D eigenvalue weighted by Gasteiger charge is -2.43. The summed E-state index contributed by atoms with van der Waals surface area (Å²) in [5.74, 6) is 1.37. The predicted molar refractivity (Wildman–Crippen MR) is 281 cm³/mol. The number of piperazine rings is 2. The summed E-state index contributed by atoms with van der Waals surface area (Å²) < 4.78 is 48.0. The Bertz CT molecular complexity index is 3440. The molecule has 0 aliphatic carbocycles. The number of hydrogen-bond donors (Lipinski definition) is 2. The number of terminal acetylenes is 1. The number of piperidine rings is 1. The number of rotatable bonds is 11. The Hall–Kier alpha value is -7.21. The number of benzene rings is 3. The van der Waals surface area contributed by atoms with Crippen LogP contribution < -0.4 is 30.9 Å². The van der Waals surface area contributed by atoms with Crippen LogP contribution in [-0.4, -0.2) is 159 Å².